The molecule has 0 aromatic heterocycles. The zero-order chi connectivity index (χ0) is 16.8. The Kier molecular flexibility index (Phi) is 6.81. The molecule has 0 bridgehead atoms. The van der Waals surface area contributed by atoms with E-state index in [1.807, 2.05) is 4.90 Å². The second-order valence-corrected chi connectivity index (χ2v) is 7.47. The van der Waals surface area contributed by atoms with E-state index in [-0.39, 0.29) is 17.6 Å². The lowest BCUT2D eigenvalue weighted by atomic mass is 9.74. The lowest BCUT2D eigenvalue weighted by molar-refractivity contribution is -0.137. The summed E-state index contributed by atoms with van der Waals surface area (Å²) in [6, 6.07) is 0. The van der Waals surface area contributed by atoms with Gasteiger partial charge in [-0.3, -0.25) is 9.59 Å². The number of piperidine rings is 1. The molecule has 0 radical (unpaired) electrons. The number of morpholine rings is 1. The van der Waals surface area contributed by atoms with Gasteiger partial charge in [-0.2, -0.15) is 0 Å². The van der Waals surface area contributed by atoms with Crippen LogP contribution < -0.4 is 5.32 Å². The first-order valence-corrected chi connectivity index (χ1v) is 7.92. The van der Waals surface area contributed by atoms with Gasteiger partial charge < -0.3 is 20.1 Å². The van der Waals surface area contributed by atoms with Gasteiger partial charge in [0.25, 0.3) is 6.47 Å². The molecule has 128 valence electrons. The number of nitrogens with zero attached hydrogens (tertiary/aromatic N) is 1. The minimum Gasteiger partial charge on any atom is -0.483 e. The van der Waals surface area contributed by atoms with Gasteiger partial charge in [-0.25, -0.2) is 0 Å². The van der Waals surface area contributed by atoms with E-state index in [0.29, 0.717) is 31.5 Å². The molecule has 2 aliphatic heterocycles. The summed E-state index contributed by atoms with van der Waals surface area (Å²) in [5.41, 5.74) is 0.245. The molecule has 2 fully saturated rings. The molecule has 2 aliphatic rings. The Morgan fingerprint density at radius 2 is 1.68 bits per heavy atom. The largest absolute Gasteiger partial charge is 0.483 e. The molecule has 6 heteroatoms. The maximum absolute atomic E-state index is 12.3. The Hall–Kier alpha value is -1.14. The fourth-order valence-corrected chi connectivity index (χ4v) is 3.87. The maximum atomic E-state index is 12.3. The average Bonchev–Trinajstić information content (AvgIpc) is 2.36. The summed E-state index contributed by atoms with van der Waals surface area (Å²) in [6.07, 6.45) is 2.84. The first kappa shape index (κ1) is 18.9. The second-order valence-electron chi connectivity index (χ2n) is 7.47. The van der Waals surface area contributed by atoms with Crippen LogP contribution in [0.1, 0.15) is 47.0 Å². The lowest BCUT2D eigenvalue weighted by Gasteiger charge is -2.46. The van der Waals surface area contributed by atoms with Crippen molar-refractivity contribution >= 4 is 12.4 Å². The van der Waals surface area contributed by atoms with Gasteiger partial charge in [-0.05, 0) is 46.5 Å². The third-order valence-electron chi connectivity index (χ3n) is 4.10. The van der Waals surface area contributed by atoms with Crippen LogP contribution in [0.3, 0.4) is 0 Å². The first-order chi connectivity index (χ1) is 10.2. The normalized spacial score (nSPS) is 24.1. The molecule has 2 heterocycles. The van der Waals surface area contributed by atoms with Crippen molar-refractivity contribution in [3.05, 3.63) is 0 Å². The molecule has 0 atom stereocenters. The summed E-state index contributed by atoms with van der Waals surface area (Å²) in [7, 11) is 0. The molecule has 0 saturated carbocycles. The monoisotopic (exact) mass is 314 g/mol. The van der Waals surface area contributed by atoms with Crippen LogP contribution in [-0.4, -0.2) is 59.8 Å². The lowest BCUT2D eigenvalue weighted by Crippen LogP contribution is -2.58. The molecule has 2 saturated heterocycles. The van der Waals surface area contributed by atoms with Gasteiger partial charge in [0.15, 0.2) is 0 Å². The van der Waals surface area contributed by atoms with Gasteiger partial charge in [0.05, 0.1) is 13.2 Å². The highest BCUT2D eigenvalue weighted by molar-refractivity contribution is 5.76. The quantitative estimate of drug-likeness (QED) is 0.755. The smallest absolute Gasteiger partial charge is 0.290 e. The number of rotatable bonds is 2. The molecule has 0 unspecified atom stereocenters. The van der Waals surface area contributed by atoms with Crippen LogP contribution in [0.4, 0.5) is 0 Å². The minimum atomic E-state index is -0.250. The van der Waals surface area contributed by atoms with E-state index in [1.54, 1.807) is 0 Å². The zero-order valence-electron chi connectivity index (χ0n) is 14.2. The molecular formula is C16H30N2O4. The van der Waals surface area contributed by atoms with Crippen molar-refractivity contribution in [2.75, 3.05) is 26.3 Å². The molecular weight excluding hydrogens is 284 g/mol. The molecule has 6 nitrogen and oxygen atoms in total. The van der Waals surface area contributed by atoms with Crippen LogP contribution in [-0.2, 0) is 14.3 Å². The highest BCUT2D eigenvalue weighted by Crippen LogP contribution is 2.34. The molecule has 22 heavy (non-hydrogen) atoms. The molecule has 2 rings (SSSR count). The van der Waals surface area contributed by atoms with Crippen LogP contribution in [0.2, 0.25) is 0 Å². The van der Waals surface area contributed by atoms with Crippen LogP contribution in [0.25, 0.3) is 0 Å². The number of carboxylic acid groups (broad SMARTS) is 1. The summed E-state index contributed by atoms with van der Waals surface area (Å²) >= 11 is 0. The van der Waals surface area contributed by atoms with E-state index in [4.69, 9.17) is 14.6 Å². The highest BCUT2D eigenvalue weighted by atomic mass is 16.5. The average molecular weight is 314 g/mol. The van der Waals surface area contributed by atoms with Crippen LogP contribution >= 0.6 is 0 Å². The predicted octanol–water partition coefficient (Wildman–Crippen LogP) is 1.49. The van der Waals surface area contributed by atoms with Crippen molar-refractivity contribution in [2.24, 2.45) is 5.92 Å². The van der Waals surface area contributed by atoms with E-state index in [1.165, 1.54) is 0 Å². The van der Waals surface area contributed by atoms with Gasteiger partial charge in [0.2, 0.25) is 5.91 Å². The summed E-state index contributed by atoms with van der Waals surface area (Å²) in [6.45, 7) is 11.6. The fraction of sp³-hybridized carbons (Fsp3) is 0.875. The minimum absolute atomic E-state index is 0.123. The van der Waals surface area contributed by atoms with Crippen molar-refractivity contribution in [2.45, 2.75) is 58.0 Å². The number of carbonyl (C=O) groups excluding carboxylic acids is 1. The maximum Gasteiger partial charge on any atom is 0.290 e. The van der Waals surface area contributed by atoms with E-state index in [9.17, 15) is 4.79 Å². The van der Waals surface area contributed by atoms with Crippen LogP contribution in [0.5, 0.6) is 0 Å². The van der Waals surface area contributed by atoms with Gasteiger partial charge in [-0.1, -0.05) is 0 Å². The number of hydrogen-bond acceptors (Lipinski definition) is 4. The standard InChI is InChI=1S/C15H28N2O2.CH2O2/c1-14(2)10-12(11-15(3,4)16-14)9-13(18)17-5-7-19-8-6-17;2-1-3/h12,16H,5-11H2,1-4H3;1H,(H,2,3). The predicted molar refractivity (Wildman–Crippen MR) is 84.7 cm³/mol. The Balaban J connectivity index is 0.000000745. The Labute approximate surface area is 133 Å². The zero-order valence-corrected chi connectivity index (χ0v) is 14.2. The molecule has 1 amide bonds. The fourth-order valence-electron chi connectivity index (χ4n) is 3.87. The highest BCUT2D eigenvalue weighted by Gasteiger charge is 2.38. The van der Waals surface area contributed by atoms with Crippen molar-refractivity contribution in [1.29, 1.82) is 0 Å². The van der Waals surface area contributed by atoms with Crippen LogP contribution in [0.15, 0.2) is 0 Å². The van der Waals surface area contributed by atoms with Crippen LogP contribution in [0, 0.1) is 5.92 Å². The summed E-state index contributed by atoms with van der Waals surface area (Å²) < 4.78 is 5.30. The van der Waals surface area contributed by atoms with E-state index in [2.05, 4.69) is 33.0 Å². The number of ether oxygens (including phenoxy) is 1. The van der Waals surface area contributed by atoms with Crippen molar-refractivity contribution < 1.29 is 19.4 Å². The molecule has 0 aromatic rings. The topological polar surface area (TPSA) is 78.9 Å². The third kappa shape index (κ3) is 6.32. The van der Waals surface area contributed by atoms with E-state index in [0.717, 1.165) is 25.9 Å². The number of nitrogens with one attached hydrogen (secondary N) is 1. The molecule has 0 aliphatic carbocycles. The molecule has 0 aromatic carbocycles. The van der Waals surface area contributed by atoms with Gasteiger partial charge >= 0.3 is 0 Å². The van der Waals surface area contributed by atoms with Crippen molar-refractivity contribution in [3.8, 4) is 0 Å². The Morgan fingerprint density at radius 1 is 1.23 bits per heavy atom. The SMILES string of the molecule is CC1(C)CC(CC(=O)N2CCOCC2)CC(C)(C)N1.O=CO. The Bertz CT molecular complexity index is 360. The van der Waals surface area contributed by atoms with E-state index < -0.39 is 0 Å². The summed E-state index contributed by atoms with van der Waals surface area (Å²) in [5, 5.41) is 10.6. The van der Waals surface area contributed by atoms with Crippen molar-refractivity contribution in [3.63, 3.8) is 0 Å². The number of amides is 1. The Morgan fingerprint density at radius 3 is 2.14 bits per heavy atom. The number of carbonyl (C=O) groups is 2. The van der Waals surface area contributed by atoms with Crippen molar-refractivity contribution in [1.82, 2.24) is 10.2 Å². The molecule has 2 N–H and O–H groups in total. The third-order valence-corrected chi connectivity index (χ3v) is 4.10. The van der Waals surface area contributed by atoms with Gasteiger partial charge in [-0.15, -0.1) is 0 Å². The summed E-state index contributed by atoms with van der Waals surface area (Å²) in [4.78, 5) is 22.7. The molecule has 0 spiro atoms. The first-order valence-electron chi connectivity index (χ1n) is 7.92. The summed E-state index contributed by atoms with van der Waals surface area (Å²) in [5.74, 6) is 0.795. The second kappa shape index (κ2) is 7.92. The van der Waals surface area contributed by atoms with E-state index >= 15 is 0 Å². The van der Waals surface area contributed by atoms with Gasteiger partial charge in [0.1, 0.15) is 0 Å². The number of hydrogen-bond donors (Lipinski definition) is 2. The van der Waals surface area contributed by atoms with Gasteiger partial charge in [0, 0.05) is 30.6 Å².